The molecule has 0 amide bonds. The van der Waals surface area contributed by atoms with E-state index in [2.05, 4.69) is 125 Å². The number of ether oxygens (including phenoxy) is 4. The molecule has 5 atom stereocenters. The van der Waals surface area contributed by atoms with Crippen molar-refractivity contribution in [2.24, 2.45) is 0 Å². The first-order valence-corrected chi connectivity index (χ1v) is 42.5. The molecule has 19 heteroatoms. The van der Waals surface area contributed by atoms with E-state index in [9.17, 15) is 43.2 Å². The molecular weight excluding hydrogens is 1310 g/mol. The van der Waals surface area contributed by atoms with Crippen molar-refractivity contribution >= 4 is 39.5 Å². The predicted molar refractivity (Wildman–Crippen MR) is 409 cm³/mol. The van der Waals surface area contributed by atoms with Crippen LogP contribution in [0.1, 0.15) is 336 Å². The van der Waals surface area contributed by atoms with E-state index in [1.807, 2.05) is 0 Å². The van der Waals surface area contributed by atoms with Crippen LogP contribution in [0.2, 0.25) is 0 Å². The Bertz CT molecular complexity index is 2270. The third-order valence-electron chi connectivity index (χ3n) is 16.5. The molecule has 0 aliphatic heterocycles. The Balaban J connectivity index is 5.40. The van der Waals surface area contributed by atoms with Gasteiger partial charge in [0.1, 0.15) is 19.3 Å². The molecule has 0 spiro atoms. The van der Waals surface area contributed by atoms with Gasteiger partial charge in [0.15, 0.2) is 12.2 Å². The minimum absolute atomic E-state index is 0.0741. The van der Waals surface area contributed by atoms with Crippen LogP contribution in [0.15, 0.2) is 97.2 Å². The molecule has 3 N–H and O–H groups in total. The molecule has 0 rings (SSSR count). The van der Waals surface area contributed by atoms with E-state index >= 15 is 0 Å². The third-order valence-corrected chi connectivity index (χ3v) is 18.4. The number of aliphatic hydroxyl groups is 1. The smallest absolute Gasteiger partial charge is 0.462 e. The van der Waals surface area contributed by atoms with E-state index in [0.717, 1.165) is 173 Å². The molecular formula is C81H142O17P2. The Labute approximate surface area is 607 Å². The number of hydrogen-bond acceptors (Lipinski definition) is 15. The summed E-state index contributed by atoms with van der Waals surface area (Å²) < 4.78 is 68.5. The number of phosphoric acid groups is 2. The Hall–Kier alpha value is -4.02. The summed E-state index contributed by atoms with van der Waals surface area (Å²) in [7, 11) is -9.97. The number of hydrogen-bond donors (Lipinski definition) is 3. The van der Waals surface area contributed by atoms with Crippen LogP contribution in [0.5, 0.6) is 0 Å². The maximum atomic E-state index is 13.1. The minimum atomic E-state index is -4.98. The molecule has 0 heterocycles. The van der Waals surface area contributed by atoms with E-state index < -0.39 is 97.5 Å². The molecule has 17 nitrogen and oxygen atoms in total. The number of unbranched alkanes of at least 4 members (excludes halogenated alkanes) is 33. The molecule has 0 aliphatic carbocycles. The first-order chi connectivity index (χ1) is 48.7. The van der Waals surface area contributed by atoms with E-state index in [0.29, 0.717) is 25.7 Å². The average molecular weight is 1450 g/mol. The largest absolute Gasteiger partial charge is 0.472 e. The number of rotatable bonds is 74. The third kappa shape index (κ3) is 72.3. The monoisotopic (exact) mass is 1450 g/mol. The van der Waals surface area contributed by atoms with Crippen molar-refractivity contribution in [2.45, 2.75) is 354 Å². The van der Waals surface area contributed by atoms with Crippen molar-refractivity contribution in [3.05, 3.63) is 97.2 Å². The van der Waals surface area contributed by atoms with Crippen molar-refractivity contribution in [3.63, 3.8) is 0 Å². The van der Waals surface area contributed by atoms with Crippen molar-refractivity contribution in [1.29, 1.82) is 0 Å². The fourth-order valence-corrected chi connectivity index (χ4v) is 12.0. The molecule has 0 aromatic rings. The van der Waals surface area contributed by atoms with Crippen molar-refractivity contribution in [2.75, 3.05) is 39.6 Å². The van der Waals surface area contributed by atoms with Crippen molar-refractivity contribution in [1.82, 2.24) is 0 Å². The van der Waals surface area contributed by atoms with Gasteiger partial charge in [0.2, 0.25) is 0 Å². The fourth-order valence-electron chi connectivity index (χ4n) is 10.4. The van der Waals surface area contributed by atoms with Gasteiger partial charge < -0.3 is 33.8 Å². The van der Waals surface area contributed by atoms with Gasteiger partial charge in [-0.25, -0.2) is 9.13 Å². The molecule has 0 saturated heterocycles. The van der Waals surface area contributed by atoms with Gasteiger partial charge in [0.05, 0.1) is 26.4 Å². The first kappa shape index (κ1) is 96.0. The van der Waals surface area contributed by atoms with Gasteiger partial charge in [-0.15, -0.1) is 0 Å². The summed E-state index contributed by atoms with van der Waals surface area (Å²) in [6.45, 7) is 4.74. The highest BCUT2D eigenvalue weighted by Gasteiger charge is 2.30. The SMILES string of the molecule is CCCCC/C=C\C/C=C\CCCCCCCC(=O)OC[C@H](COP(=O)(O)OC[C@H](O)COP(=O)(O)OC[C@@H](COC(=O)CCCCCCC/C=C\C/C=C\CCCCC)OC(=O)CCCCCCC/C=C\C/C=C\CCCCC)OC(=O)CCCCCCC/C=C\C=C/CCCCCC. The normalized spacial score (nSPS) is 14.4. The molecule has 578 valence electrons. The van der Waals surface area contributed by atoms with Crippen LogP contribution in [0.4, 0.5) is 0 Å². The van der Waals surface area contributed by atoms with Gasteiger partial charge in [0, 0.05) is 25.7 Å². The Kier molecular flexibility index (Phi) is 70.4. The maximum Gasteiger partial charge on any atom is 0.472 e. The lowest BCUT2D eigenvalue weighted by molar-refractivity contribution is -0.161. The number of aliphatic hydroxyl groups excluding tert-OH is 1. The van der Waals surface area contributed by atoms with Gasteiger partial charge in [-0.05, 0) is 148 Å². The molecule has 0 radical (unpaired) electrons. The topological polar surface area (TPSA) is 237 Å². The highest BCUT2D eigenvalue weighted by molar-refractivity contribution is 7.47. The van der Waals surface area contributed by atoms with Crippen LogP contribution >= 0.6 is 15.6 Å². The summed E-state index contributed by atoms with van der Waals surface area (Å²) in [4.78, 5) is 72.9. The van der Waals surface area contributed by atoms with Crippen LogP contribution in [0, 0.1) is 0 Å². The number of esters is 4. The van der Waals surface area contributed by atoms with Crippen LogP contribution in [0.3, 0.4) is 0 Å². The van der Waals surface area contributed by atoms with Gasteiger partial charge in [-0.3, -0.25) is 37.3 Å². The Morgan fingerprint density at radius 3 is 0.820 bits per heavy atom. The molecule has 2 unspecified atom stereocenters. The summed E-state index contributed by atoms with van der Waals surface area (Å²) >= 11 is 0. The standard InChI is InChI=1S/C81H142O17P2/c1-5-9-13-17-21-25-29-33-37-41-45-49-53-57-61-65-78(83)91-71-76(97-80(85)67-63-59-55-51-47-43-39-35-31-27-23-19-15-11-7-3)73-95-99(87,88)93-69-75(82)70-94-100(89,90)96-74-77(98-81(86)68-64-60-56-52-48-44-40-36-32-28-24-20-16-12-8-4)72-92-79(84)66-62-58-54-50-46-42-38-34-30-26-22-18-14-10-6-2/h21-23,25-28,32-40,75-77,82H,5-20,24,29-31,41-74H2,1-4H3,(H,87,88)(H,89,90)/b25-21-,26-22-,27-23-,32-28-,37-33-,38-34-,39-35-,40-36-/t75-,76-,77-/m1/s1. The van der Waals surface area contributed by atoms with E-state index in [1.165, 1.54) is 83.5 Å². The van der Waals surface area contributed by atoms with Gasteiger partial charge >= 0.3 is 39.5 Å². The molecule has 100 heavy (non-hydrogen) atoms. The van der Waals surface area contributed by atoms with Crippen LogP contribution in [-0.2, 0) is 65.4 Å². The van der Waals surface area contributed by atoms with Crippen LogP contribution in [0.25, 0.3) is 0 Å². The zero-order chi connectivity index (χ0) is 73.2. The van der Waals surface area contributed by atoms with Crippen molar-refractivity contribution < 1.29 is 80.2 Å². The predicted octanol–water partition coefficient (Wildman–Crippen LogP) is 22.8. The number of carbonyl (C=O) groups excluding carboxylic acids is 4. The van der Waals surface area contributed by atoms with Gasteiger partial charge in [-0.2, -0.15) is 0 Å². The molecule has 0 aliphatic rings. The lowest BCUT2D eigenvalue weighted by Crippen LogP contribution is -2.30. The fraction of sp³-hybridized carbons (Fsp3) is 0.753. The van der Waals surface area contributed by atoms with Crippen LogP contribution in [-0.4, -0.2) is 96.7 Å². The quantitative estimate of drug-likeness (QED) is 0.0128. The summed E-state index contributed by atoms with van der Waals surface area (Å²) in [6.07, 6.45) is 76.6. The van der Waals surface area contributed by atoms with Gasteiger partial charge in [-0.1, -0.05) is 260 Å². The second-order valence-corrected chi connectivity index (χ2v) is 29.2. The number of carbonyl (C=O) groups is 4. The lowest BCUT2D eigenvalue weighted by Gasteiger charge is -2.21. The Morgan fingerprint density at radius 2 is 0.520 bits per heavy atom. The highest BCUT2D eigenvalue weighted by atomic mass is 31.2. The molecule has 0 saturated carbocycles. The second kappa shape index (κ2) is 73.3. The highest BCUT2D eigenvalue weighted by Crippen LogP contribution is 2.45. The van der Waals surface area contributed by atoms with E-state index in [1.54, 1.807) is 0 Å². The lowest BCUT2D eigenvalue weighted by atomic mass is 10.1. The summed E-state index contributed by atoms with van der Waals surface area (Å²) in [5.74, 6) is -2.22. The molecule has 0 aromatic heterocycles. The summed E-state index contributed by atoms with van der Waals surface area (Å²) in [6, 6.07) is 0. The minimum Gasteiger partial charge on any atom is -0.462 e. The summed E-state index contributed by atoms with van der Waals surface area (Å²) in [5.41, 5.74) is 0. The number of allylic oxidation sites excluding steroid dienone is 16. The van der Waals surface area contributed by atoms with E-state index in [4.69, 9.17) is 37.0 Å². The van der Waals surface area contributed by atoms with Crippen molar-refractivity contribution in [3.8, 4) is 0 Å². The second-order valence-electron chi connectivity index (χ2n) is 26.3. The molecule has 0 bridgehead atoms. The van der Waals surface area contributed by atoms with E-state index in [-0.39, 0.29) is 25.7 Å². The average Bonchev–Trinajstić information content (AvgIpc) is 1.01. The maximum absolute atomic E-state index is 13.1. The first-order valence-electron chi connectivity index (χ1n) is 39.5. The summed E-state index contributed by atoms with van der Waals surface area (Å²) in [5, 5.41) is 10.6. The number of phosphoric ester groups is 2. The zero-order valence-electron chi connectivity index (χ0n) is 63.1. The molecule has 0 aromatic carbocycles. The molecule has 0 fully saturated rings. The zero-order valence-corrected chi connectivity index (χ0v) is 64.9. The van der Waals surface area contributed by atoms with Gasteiger partial charge in [0.25, 0.3) is 0 Å². The van der Waals surface area contributed by atoms with Crippen LogP contribution < -0.4 is 0 Å². The Morgan fingerprint density at radius 1 is 0.290 bits per heavy atom.